The van der Waals surface area contributed by atoms with Crippen molar-refractivity contribution in [1.82, 2.24) is 0 Å². The Balaban J connectivity index is 3.12. The first-order chi connectivity index (χ1) is 9.33. The van der Waals surface area contributed by atoms with Crippen molar-refractivity contribution in [2.24, 2.45) is 0 Å². The average Bonchev–Trinajstić information content (AvgIpc) is 2.34. The van der Waals surface area contributed by atoms with Crippen molar-refractivity contribution in [3.63, 3.8) is 0 Å². The minimum atomic E-state index is -6.64. The predicted molar refractivity (Wildman–Crippen MR) is 55.7 cm³/mol. The van der Waals surface area contributed by atoms with Crippen molar-refractivity contribution in [2.45, 2.75) is 36.8 Å². The zero-order valence-electron chi connectivity index (χ0n) is 10.2. The van der Waals surface area contributed by atoms with Crippen LogP contribution in [0.1, 0.15) is 12.0 Å². The van der Waals surface area contributed by atoms with Crippen molar-refractivity contribution in [3.8, 4) is 0 Å². The van der Waals surface area contributed by atoms with E-state index in [2.05, 4.69) is 0 Å². The Morgan fingerprint density at radius 2 is 1.14 bits per heavy atom. The molecule has 1 aromatic carbocycles. The standard InChI is InChI=1S/C12H9F9/c13-9(11(16,17)18,10(14,15)12(19,20)21)7-6-8-4-2-1-3-5-8/h1-5H,6-7H2. The van der Waals surface area contributed by atoms with E-state index in [1.54, 1.807) is 0 Å². The summed E-state index contributed by atoms with van der Waals surface area (Å²) in [5.74, 6) is -6.53. The second-order valence-corrected chi connectivity index (χ2v) is 4.36. The van der Waals surface area contributed by atoms with Gasteiger partial charge in [-0.1, -0.05) is 30.3 Å². The third-order valence-electron chi connectivity index (χ3n) is 2.90. The topological polar surface area (TPSA) is 0 Å². The molecule has 0 aromatic heterocycles. The van der Waals surface area contributed by atoms with E-state index in [-0.39, 0.29) is 5.56 Å². The number of benzene rings is 1. The van der Waals surface area contributed by atoms with Crippen LogP contribution in [0, 0.1) is 0 Å². The van der Waals surface area contributed by atoms with Crippen LogP contribution < -0.4 is 0 Å². The number of rotatable bonds is 4. The fourth-order valence-electron chi connectivity index (χ4n) is 1.66. The molecule has 0 aliphatic heterocycles. The molecule has 1 aromatic rings. The van der Waals surface area contributed by atoms with Gasteiger partial charge in [-0.05, 0) is 12.0 Å². The monoisotopic (exact) mass is 324 g/mol. The highest BCUT2D eigenvalue weighted by atomic mass is 19.4. The number of halogens is 9. The third-order valence-corrected chi connectivity index (χ3v) is 2.90. The van der Waals surface area contributed by atoms with Gasteiger partial charge in [-0.2, -0.15) is 35.1 Å². The van der Waals surface area contributed by atoms with E-state index in [9.17, 15) is 39.5 Å². The lowest BCUT2D eigenvalue weighted by molar-refractivity contribution is -0.384. The predicted octanol–water partition coefficient (Wildman–Crippen LogP) is 5.09. The molecule has 120 valence electrons. The van der Waals surface area contributed by atoms with Gasteiger partial charge >= 0.3 is 18.3 Å². The molecule has 1 atom stereocenters. The molecule has 0 N–H and O–H groups in total. The summed E-state index contributed by atoms with van der Waals surface area (Å²) in [6, 6.07) is 6.53. The zero-order valence-corrected chi connectivity index (χ0v) is 10.2. The van der Waals surface area contributed by atoms with Crippen LogP contribution in [-0.4, -0.2) is 23.9 Å². The van der Waals surface area contributed by atoms with Crippen LogP contribution in [0.4, 0.5) is 39.5 Å². The lowest BCUT2D eigenvalue weighted by atomic mass is 9.89. The normalized spacial score (nSPS) is 16.6. The highest BCUT2D eigenvalue weighted by molar-refractivity contribution is 5.16. The van der Waals surface area contributed by atoms with E-state index < -0.39 is 36.8 Å². The first-order valence-corrected chi connectivity index (χ1v) is 5.57. The molecule has 0 fully saturated rings. The summed E-state index contributed by atoms with van der Waals surface area (Å²) in [5, 5.41) is 0. The molecule has 0 radical (unpaired) electrons. The fraction of sp³-hybridized carbons (Fsp3) is 0.500. The Hall–Kier alpha value is -1.41. The molecule has 0 amide bonds. The summed E-state index contributed by atoms with van der Waals surface area (Å²) in [6.45, 7) is 0. The van der Waals surface area contributed by atoms with Gasteiger partial charge in [0.25, 0.3) is 5.67 Å². The van der Waals surface area contributed by atoms with E-state index in [0.29, 0.717) is 0 Å². The number of aryl methyl sites for hydroxylation is 1. The van der Waals surface area contributed by atoms with Crippen molar-refractivity contribution in [3.05, 3.63) is 35.9 Å². The maximum Gasteiger partial charge on any atom is 0.457 e. The highest BCUT2D eigenvalue weighted by Gasteiger charge is 2.80. The summed E-state index contributed by atoms with van der Waals surface area (Å²) in [7, 11) is 0. The zero-order chi connectivity index (χ0) is 16.5. The van der Waals surface area contributed by atoms with Crippen molar-refractivity contribution in [1.29, 1.82) is 0 Å². The molecule has 0 spiro atoms. The van der Waals surface area contributed by atoms with Crippen molar-refractivity contribution < 1.29 is 39.5 Å². The second kappa shape index (κ2) is 5.42. The van der Waals surface area contributed by atoms with E-state index >= 15 is 0 Å². The van der Waals surface area contributed by atoms with Gasteiger partial charge in [-0.15, -0.1) is 0 Å². The molecule has 21 heavy (non-hydrogen) atoms. The molecule has 0 heterocycles. The molecule has 0 nitrogen and oxygen atoms in total. The quantitative estimate of drug-likeness (QED) is 0.677. The SMILES string of the molecule is FC(F)(F)C(F)(F)C(F)(CCc1ccccc1)C(F)(F)F. The Bertz CT molecular complexity index is 460. The van der Waals surface area contributed by atoms with Crippen LogP contribution in [0.2, 0.25) is 0 Å². The molecule has 0 saturated carbocycles. The van der Waals surface area contributed by atoms with Crippen LogP contribution in [0.5, 0.6) is 0 Å². The van der Waals surface area contributed by atoms with Crippen LogP contribution in [0.15, 0.2) is 30.3 Å². The summed E-state index contributed by atoms with van der Waals surface area (Å²) in [5.41, 5.74) is -5.67. The Kier molecular flexibility index (Phi) is 4.55. The molecule has 0 aliphatic carbocycles. The molecule has 9 heteroatoms. The summed E-state index contributed by atoms with van der Waals surface area (Å²) < 4.78 is 113. The molecular formula is C12H9F9. The molecule has 0 bridgehead atoms. The van der Waals surface area contributed by atoms with E-state index in [4.69, 9.17) is 0 Å². The Morgan fingerprint density at radius 1 is 0.667 bits per heavy atom. The van der Waals surface area contributed by atoms with Gasteiger partial charge in [0, 0.05) is 6.42 Å². The second-order valence-electron chi connectivity index (χ2n) is 4.36. The molecule has 0 saturated heterocycles. The smallest absolute Gasteiger partial charge is 0.227 e. The first-order valence-electron chi connectivity index (χ1n) is 5.57. The Morgan fingerprint density at radius 3 is 1.52 bits per heavy atom. The van der Waals surface area contributed by atoms with Gasteiger partial charge in [-0.3, -0.25) is 0 Å². The Labute approximate surface area is 113 Å². The van der Waals surface area contributed by atoms with Crippen molar-refractivity contribution >= 4 is 0 Å². The lowest BCUT2D eigenvalue weighted by Crippen LogP contribution is -2.62. The van der Waals surface area contributed by atoms with E-state index in [1.807, 2.05) is 0 Å². The third kappa shape index (κ3) is 3.26. The molecule has 1 rings (SSSR count). The summed E-state index contributed by atoms with van der Waals surface area (Å²) >= 11 is 0. The minimum absolute atomic E-state index is 0.0155. The lowest BCUT2D eigenvalue weighted by Gasteiger charge is -2.35. The fourth-order valence-corrected chi connectivity index (χ4v) is 1.66. The van der Waals surface area contributed by atoms with Gasteiger partial charge in [-0.25, -0.2) is 4.39 Å². The van der Waals surface area contributed by atoms with E-state index in [1.165, 1.54) is 30.3 Å². The highest BCUT2D eigenvalue weighted by Crippen LogP contribution is 2.54. The number of alkyl halides is 9. The van der Waals surface area contributed by atoms with Crippen LogP contribution in [0.3, 0.4) is 0 Å². The van der Waals surface area contributed by atoms with E-state index in [0.717, 1.165) is 0 Å². The number of hydrogen-bond donors (Lipinski definition) is 0. The maximum absolute atomic E-state index is 13.7. The molecule has 0 aliphatic rings. The number of hydrogen-bond acceptors (Lipinski definition) is 0. The maximum atomic E-state index is 13.7. The van der Waals surface area contributed by atoms with Crippen LogP contribution >= 0.6 is 0 Å². The van der Waals surface area contributed by atoms with Gasteiger partial charge in [0.05, 0.1) is 0 Å². The van der Waals surface area contributed by atoms with Gasteiger partial charge in [0.1, 0.15) is 0 Å². The first kappa shape index (κ1) is 17.6. The summed E-state index contributed by atoms with van der Waals surface area (Å²) in [6.07, 6.45) is -16.0. The van der Waals surface area contributed by atoms with Gasteiger partial charge in [0.2, 0.25) is 0 Å². The molecule has 1 unspecified atom stereocenters. The summed E-state index contributed by atoms with van der Waals surface area (Å²) in [4.78, 5) is 0. The molecular weight excluding hydrogens is 315 g/mol. The van der Waals surface area contributed by atoms with Crippen molar-refractivity contribution in [2.75, 3.05) is 0 Å². The van der Waals surface area contributed by atoms with Crippen LogP contribution in [-0.2, 0) is 6.42 Å². The average molecular weight is 324 g/mol. The van der Waals surface area contributed by atoms with Gasteiger partial charge < -0.3 is 0 Å². The minimum Gasteiger partial charge on any atom is -0.227 e. The van der Waals surface area contributed by atoms with Crippen LogP contribution in [0.25, 0.3) is 0 Å². The largest absolute Gasteiger partial charge is 0.457 e. The van der Waals surface area contributed by atoms with Gasteiger partial charge in [0.15, 0.2) is 0 Å².